The van der Waals surface area contributed by atoms with Crippen molar-refractivity contribution in [2.24, 2.45) is 5.92 Å². The molecule has 1 aliphatic carbocycles. The maximum absolute atomic E-state index is 12.2. The molecule has 1 fully saturated rings. The summed E-state index contributed by atoms with van der Waals surface area (Å²) in [5, 5.41) is 7.17. The molecule has 2 aromatic rings. The van der Waals surface area contributed by atoms with E-state index in [-0.39, 0.29) is 11.8 Å². The van der Waals surface area contributed by atoms with Gasteiger partial charge < -0.3 is 9.84 Å². The highest BCUT2D eigenvalue weighted by Crippen LogP contribution is 2.43. The zero-order chi connectivity index (χ0) is 16.4. The number of aromatic nitrogens is 1. The van der Waals surface area contributed by atoms with Crippen LogP contribution < -0.4 is 5.32 Å². The Bertz CT molecular complexity index is 672. The van der Waals surface area contributed by atoms with Crippen LogP contribution in [0.1, 0.15) is 62.0 Å². The third kappa shape index (κ3) is 3.46. The largest absolute Gasteiger partial charge is 0.361 e. The summed E-state index contributed by atoms with van der Waals surface area (Å²) < 4.78 is 5.59. The smallest absolute Gasteiger partial charge is 0.225 e. The van der Waals surface area contributed by atoms with Gasteiger partial charge in [0.1, 0.15) is 5.76 Å². The molecule has 0 spiro atoms. The first-order valence-electron chi connectivity index (χ1n) is 8.35. The Morgan fingerprint density at radius 1 is 1.35 bits per heavy atom. The summed E-state index contributed by atoms with van der Waals surface area (Å²) >= 11 is 0. The lowest BCUT2D eigenvalue weighted by molar-refractivity contribution is -0.116. The molecule has 1 aromatic heterocycles. The average molecular weight is 312 g/mol. The lowest BCUT2D eigenvalue weighted by Gasteiger charge is -2.30. The third-order valence-corrected chi connectivity index (χ3v) is 4.76. The van der Waals surface area contributed by atoms with Gasteiger partial charge in [-0.2, -0.15) is 0 Å². The minimum Gasteiger partial charge on any atom is -0.361 e. The number of nitrogens with zero attached hydrogens (tertiary/aromatic N) is 1. The van der Waals surface area contributed by atoms with Gasteiger partial charge in [-0.15, -0.1) is 0 Å². The van der Waals surface area contributed by atoms with E-state index < -0.39 is 0 Å². The van der Waals surface area contributed by atoms with E-state index in [4.69, 9.17) is 4.52 Å². The molecule has 122 valence electrons. The van der Waals surface area contributed by atoms with Crippen molar-refractivity contribution in [3.05, 3.63) is 47.3 Å². The standard InChI is InChI=1S/C19H24N2O2/c1-12-9-15(10-12)19-14(3)18(21-23-19)13(2)11-17(22)20-16-7-5-4-6-8-16/h4-8,12-13,15H,9-11H2,1-3H3,(H,20,22)/t12-,13-,15+/m0/s1. The third-order valence-electron chi connectivity index (χ3n) is 4.76. The fourth-order valence-corrected chi connectivity index (χ4v) is 3.43. The van der Waals surface area contributed by atoms with Crippen LogP contribution in [0.4, 0.5) is 5.69 Å². The molecule has 0 unspecified atom stereocenters. The van der Waals surface area contributed by atoms with Gasteiger partial charge in [-0.3, -0.25) is 4.79 Å². The molecule has 4 heteroatoms. The normalized spacial score (nSPS) is 21.5. The van der Waals surface area contributed by atoms with Crippen LogP contribution in [-0.2, 0) is 4.79 Å². The number of rotatable bonds is 5. The number of hydrogen-bond donors (Lipinski definition) is 1. The van der Waals surface area contributed by atoms with Crippen molar-refractivity contribution in [3.63, 3.8) is 0 Å². The quantitative estimate of drug-likeness (QED) is 0.875. The number of benzene rings is 1. The Hall–Kier alpha value is -2.10. The number of anilines is 1. The summed E-state index contributed by atoms with van der Waals surface area (Å²) in [6, 6.07) is 9.53. The van der Waals surface area contributed by atoms with Crippen LogP contribution in [-0.4, -0.2) is 11.1 Å². The Morgan fingerprint density at radius 3 is 2.70 bits per heavy atom. The number of para-hydroxylation sites is 1. The maximum atomic E-state index is 12.2. The molecule has 1 aliphatic rings. The predicted octanol–water partition coefficient (Wildman–Crippen LogP) is 4.63. The summed E-state index contributed by atoms with van der Waals surface area (Å²) in [4.78, 5) is 12.2. The molecule has 3 rings (SSSR count). The van der Waals surface area contributed by atoms with E-state index in [1.54, 1.807) is 0 Å². The zero-order valence-electron chi connectivity index (χ0n) is 14.0. The highest BCUT2D eigenvalue weighted by atomic mass is 16.5. The second-order valence-electron chi connectivity index (χ2n) is 6.85. The van der Waals surface area contributed by atoms with Crippen LogP contribution in [0, 0.1) is 12.8 Å². The van der Waals surface area contributed by atoms with Crippen LogP contribution in [0.3, 0.4) is 0 Å². The van der Waals surface area contributed by atoms with E-state index in [0.29, 0.717) is 12.3 Å². The maximum Gasteiger partial charge on any atom is 0.225 e. The minimum absolute atomic E-state index is 0.00455. The first-order chi connectivity index (χ1) is 11.0. The van der Waals surface area contributed by atoms with Crippen LogP contribution >= 0.6 is 0 Å². The average Bonchev–Trinajstić information content (AvgIpc) is 2.86. The van der Waals surface area contributed by atoms with Crippen LogP contribution in [0.25, 0.3) is 0 Å². The van der Waals surface area contributed by atoms with Crippen LogP contribution in [0.15, 0.2) is 34.9 Å². The SMILES string of the molecule is Cc1c([C@@H](C)CC(=O)Nc2ccccc2)noc1[C@H]1C[C@@H](C)C1. The van der Waals surface area contributed by atoms with Gasteiger partial charge in [-0.05, 0) is 37.8 Å². The summed E-state index contributed by atoms with van der Waals surface area (Å²) in [7, 11) is 0. The highest BCUT2D eigenvalue weighted by Gasteiger charge is 2.33. The first-order valence-corrected chi connectivity index (χ1v) is 8.35. The van der Waals surface area contributed by atoms with Crippen molar-refractivity contribution in [1.82, 2.24) is 5.16 Å². The molecular weight excluding hydrogens is 288 g/mol. The molecule has 0 radical (unpaired) electrons. The monoisotopic (exact) mass is 312 g/mol. The molecule has 1 aromatic carbocycles. The van der Waals surface area contributed by atoms with E-state index in [1.807, 2.05) is 37.3 Å². The van der Waals surface area contributed by atoms with Crippen molar-refractivity contribution >= 4 is 11.6 Å². The second kappa shape index (κ2) is 6.57. The Labute approximate surface area is 137 Å². The molecule has 1 N–H and O–H groups in total. The van der Waals surface area contributed by atoms with Gasteiger partial charge in [0.25, 0.3) is 0 Å². The lowest BCUT2D eigenvalue weighted by atomic mass is 9.74. The van der Waals surface area contributed by atoms with Crippen molar-refractivity contribution in [2.75, 3.05) is 5.32 Å². The number of carbonyl (C=O) groups is 1. The van der Waals surface area contributed by atoms with E-state index in [2.05, 4.69) is 24.3 Å². The molecule has 0 aliphatic heterocycles. The molecular formula is C19H24N2O2. The fraction of sp³-hybridized carbons (Fsp3) is 0.474. The molecule has 4 nitrogen and oxygen atoms in total. The van der Waals surface area contributed by atoms with Crippen LogP contribution in [0.2, 0.25) is 0 Å². The van der Waals surface area contributed by atoms with E-state index in [1.165, 1.54) is 12.8 Å². The molecule has 0 bridgehead atoms. The van der Waals surface area contributed by atoms with Gasteiger partial charge >= 0.3 is 0 Å². The molecule has 1 atom stereocenters. The van der Waals surface area contributed by atoms with Crippen molar-refractivity contribution in [3.8, 4) is 0 Å². The predicted molar refractivity (Wildman–Crippen MR) is 90.5 cm³/mol. The van der Waals surface area contributed by atoms with Gasteiger partial charge in [0.2, 0.25) is 5.91 Å². The van der Waals surface area contributed by atoms with E-state index in [9.17, 15) is 4.79 Å². The summed E-state index contributed by atoms with van der Waals surface area (Å²) in [5.41, 5.74) is 2.87. The summed E-state index contributed by atoms with van der Waals surface area (Å²) in [6.07, 6.45) is 2.76. The summed E-state index contributed by atoms with van der Waals surface area (Å²) in [6.45, 7) is 6.36. The van der Waals surface area contributed by atoms with Gasteiger partial charge in [-0.25, -0.2) is 0 Å². The minimum atomic E-state index is 0.00455. The molecule has 1 saturated carbocycles. The number of carbonyl (C=O) groups excluding carboxylic acids is 1. The molecule has 1 amide bonds. The van der Waals surface area contributed by atoms with Crippen molar-refractivity contribution in [1.29, 1.82) is 0 Å². The van der Waals surface area contributed by atoms with Crippen LogP contribution in [0.5, 0.6) is 0 Å². The van der Waals surface area contributed by atoms with E-state index in [0.717, 1.165) is 28.6 Å². The van der Waals surface area contributed by atoms with Gasteiger partial charge in [0.15, 0.2) is 0 Å². The van der Waals surface area contributed by atoms with Crippen molar-refractivity contribution < 1.29 is 9.32 Å². The summed E-state index contributed by atoms with van der Waals surface area (Å²) in [5.74, 6) is 2.37. The Kier molecular flexibility index (Phi) is 4.51. The molecule has 0 saturated heterocycles. The number of hydrogen-bond acceptors (Lipinski definition) is 3. The molecule has 23 heavy (non-hydrogen) atoms. The first kappa shape index (κ1) is 15.8. The number of nitrogens with one attached hydrogen (secondary N) is 1. The van der Waals surface area contributed by atoms with Gasteiger partial charge in [0.05, 0.1) is 5.69 Å². The number of amides is 1. The van der Waals surface area contributed by atoms with Gasteiger partial charge in [0, 0.05) is 29.5 Å². The second-order valence-corrected chi connectivity index (χ2v) is 6.85. The van der Waals surface area contributed by atoms with Crippen molar-refractivity contribution in [2.45, 2.75) is 51.9 Å². The highest BCUT2D eigenvalue weighted by molar-refractivity contribution is 5.91. The fourth-order valence-electron chi connectivity index (χ4n) is 3.43. The lowest BCUT2D eigenvalue weighted by Crippen LogP contribution is -2.19. The zero-order valence-corrected chi connectivity index (χ0v) is 14.0. The molecule has 1 heterocycles. The van der Waals surface area contributed by atoms with E-state index >= 15 is 0 Å². The Balaban J connectivity index is 1.62. The van der Waals surface area contributed by atoms with Gasteiger partial charge in [-0.1, -0.05) is 37.2 Å². The Morgan fingerprint density at radius 2 is 2.04 bits per heavy atom. The topological polar surface area (TPSA) is 55.1 Å².